The first-order valence-corrected chi connectivity index (χ1v) is 8.38. The molecule has 0 radical (unpaired) electrons. The van der Waals surface area contributed by atoms with Gasteiger partial charge in [-0.05, 0) is 61.4 Å². The first-order chi connectivity index (χ1) is 11.3. The van der Waals surface area contributed by atoms with Crippen molar-refractivity contribution in [1.29, 1.82) is 0 Å². The minimum atomic E-state index is 0.324. The molecule has 0 atom stereocenters. The molecule has 2 heteroatoms. The Kier molecular flexibility index (Phi) is 5.02. The molecular formula is C21H24O2. The third kappa shape index (κ3) is 3.58. The van der Waals surface area contributed by atoms with Gasteiger partial charge in [0.05, 0.1) is 13.2 Å². The predicted octanol–water partition coefficient (Wildman–Crippen LogP) is 5.47. The van der Waals surface area contributed by atoms with Gasteiger partial charge in [-0.1, -0.05) is 42.5 Å². The van der Waals surface area contributed by atoms with Crippen molar-refractivity contribution in [2.75, 3.05) is 7.11 Å². The maximum absolute atomic E-state index is 6.22. The van der Waals surface area contributed by atoms with Crippen LogP contribution in [0.2, 0.25) is 0 Å². The lowest BCUT2D eigenvalue weighted by Crippen LogP contribution is -2.11. The van der Waals surface area contributed by atoms with Crippen LogP contribution in [-0.2, 0) is 0 Å². The van der Waals surface area contributed by atoms with E-state index in [9.17, 15) is 0 Å². The fraction of sp³-hybridized carbons (Fsp3) is 0.333. The standard InChI is InChI=1S/C21H24O2/c1-3-19(16-9-5-4-6-10-16)17-13-14-20(22-2)21(15-17)23-18-11-7-8-12-18/h3-6,9-10,13-15,18H,7-8,11-12H2,1-2H3/b19-3+. The van der Waals surface area contributed by atoms with Crippen LogP contribution in [0.5, 0.6) is 11.5 Å². The molecule has 0 unspecified atom stereocenters. The van der Waals surface area contributed by atoms with Crippen LogP contribution in [0.1, 0.15) is 43.7 Å². The third-order valence-corrected chi connectivity index (χ3v) is 4.44. The van der Waals surface area contributed by atoms with Gasteiger partial charge in [0.1, 0.15) is 0 Å². The third-order valence-electron chi connectivity index (χ3n) is 4.44. The second-order valence-electron chi connectivity index (χ2n) is 5.96. The lowest BCUT2D eigenvalue weighted by molar-refractivity contribution is 0.201. The number of rotatable bonds is 5. The van der Waals surface area contributed by atoms with Gasteiger partial charge in [0, 0.05) is 0 Å². The van der Waals surface area contributed by atoms with E-state index in [1.807, 2.05) is 12.1 Å². The van der Waals surface area contributed by atoms with Crippen LogP contribution in [0.4, 0.5) is 0 Å². The molecule has 0 heterocycles. The zero-order valence-corrected chi connectivity index (χ0v) is 13.9. The van der Waals surface area contributed by atoms with E-state index in [1.54, 1.807) is 7.11 Å². The van der Waals surface area contributed by atoms with Crippen LogP contribution in [0, 0.1) is 0 Å². The molecule has 2 aromatic rings. The molecule has 0 aliphatic heterocycles. The van der Waals surface area contributed by atoms with Crippen LogP contribution in [0.15, 0.2) is 54.6 Å². The van der Waals surface area contributed by atoms with Crippen molar-refractivity contribution in [3.8, 4) is 11.5 Å². The SMILES string of the molecule is C/C=C(\c1ccccc1)c1ccc(OC)c(OC2CCCC2)c1. The quantitative estimate of drug-likeness (QED) is 0.729. The molecule has 0 bridgehead atoms. The molecule has 3 rings (SSSR count). The van der Waals surface area contributed by atoms with E-state index in [1.165, 1.54) is 24.0 Å². The Balaban J connectivity index is 1.93. The van der Waals surface area contributed by atoms with E-state index in [2.05, 4.69) is 49.4 Å². The van der Waals surface area contributed by atoms with Crippen molar-refractivity contribution in [3.63, 3.8) is 0 Å². The zero-order valence-electron chi connectivity index (χ0n) is 13.9. The summed E-state index contributed by atoms with van der Waals surface area (Å²) < 4.78 is 11.7. The van der Waals surface area contributed by atoms with Crippen molar-refractivity contribution in [2.45, 2.75) is 38.7 Å². The van der Waals surface area contributed by atoms with E-state index < -0.39 is 0 Å². The van der Waals surface area contributed by atoms with Crippen molar-refractivity contribution in [1.82, 2.24) is 0 Å². The maximum Gasteiger partial charge on any atom is 0.162 e. The van der Waals surface area contributed by atoms with Gasteiger partial charge in [-0.3, -0.25) is 0 Å². The summed E-state index contributed by atoms with van der Waals surface area (Å²) in [5.41, 5.74) is 3.59. The van der Waals surface area contributed by atoms with Crippen LogP contribution < -0.4 is 9.47 Å². The minimum Gasteiger partial charge on any atom is -0.493 e. The Morgan fingerprint density at radius 3 is 2.35 bits per heavy atom. The molecule has 120 valence electrons. The molecule has 2 nitrogen and oxygen atoms in total. The smallest absolute Gasteiger partial charge is 0.162 e. The van der Waals surface area contributed by atoms with E-state index in [-0.39, 0.29) is 0 Å². The first kappa shape index (κ1) is 15.7. The highest BCUT2D eigenvalue weighted by Crippen LogP contribution is 2.35. The first-order valence-electron chi connectivity index (χ1n) is 8.38. The minimum absolute atomic E-state index is 0.324. The van der Waals surface area contributed by atoms with Crippen LogP contribution in [-0.4, -0.2) is 13.2 Å². The van der Waals surface area contributed by atoms with Crippen LogP contribution in [0.3, 0.4) is 0 Å². The van der Waals surface area contributed by atoms with Gasteiger partial charge < -0.3 is 9.47 Å². The Morgan fingerprint density at radius 1 is 0.957 bits per heavy atom. The summed E-state index contributed by atoms with van der Waals surface area (Å²) in [5, 5.41) is 0. The molecule has 1 fully saturated rings. The van der Waals surface area contributed by atoms with Gasteiger partial charge in [0.2, 0.25) is 0 Å². The highest BCUT2D eigenvalue weighted by Gasteiger charge is 2.19. The second-order valence-corrected chi connectivity index (χ2v) is 5.96. The largest absolute Gasteiger partial charge is 0.493 e. The Bertz CT molecular complexity index is 667. The van der Waals surface area contributed by atoms with Crippen molar-refractivity contribution < 1.29 is 9.47 Å². The Labute approximate surface area is 138 Å². The fourth-order valence-corrected chi connectivity index (χ4v) is 3.24. The Hall–Kier alpha value is -2.22. The molecule has 1 saturated carbocycles. The average Bonchev–Trinajstić information content (AvgIpc) is 3.10. The lowest BCUT2D eigenvalue weighted by Gasteiger charge is -2.18. The molecule has 0 spiro atoms. The summed E-state index contributed by atoms with van der Waals surface area (Å²) in [7, 11) is 1.70. The summed E-state index contributed by atoms with van der Waals surface area (Å²) in [6.07, 6.45) is 7.28. The highest BCUT2D eigenvalue weighted by molar-refractivity contribution is 5.80. The van der Waals surface area contributed by atoms with Crippen molar-refractivity contribution in [3.05, 3.63) is 65.7 Å². The summed E-state index contributed by atoms with van der Waals surface area (Å²) in [6, 6.07) is 16.7. The number of hydrogen-bond donors (Lipinski definition) is 0. The fourth-order valence-electron chi connectivity index (χ4n) is 3.24. The Morgan fingerprint density at radius 2 is 1.70 bits per heavy atom. The summed E-state index contributed by atoms with van der Waals surface area (Å²) in [5.74, 6) is 1.66. The normalized spacial score (nSPS) is 15.7. The monoisotopic (exact) mass is 308 g/mol. The number of ether oxygens (including phenoxy) is 2. The molecular weight excluding hydrogens is 284 g/mol. The molecule has 0 saturated heterocycles. The molecule has 0 aromatic heterocycles. The molecule has 0 N–H and O–H groups in total. The topological polar surface area (TPSA) is 18.5 Å². The summed E-state index contributed by atoms with van der Waals surface area (Å²) in [6.45, 7) is 2.07. The molecule has 0 amide bonds. The van der Waals surface area contributed by atoms with Gasteiger partial charge >= 0.3 is 0 Å². The van der Waals surface area contributed by atoms with Gasteiger partial charge in [-0.15, -0.1) is 0 Å². The van der Waals surface area contributed by atoms with Crippen LogP contribution in [0.25, 0.3) is 5.57 Å². The predicted molar refractivity (Wildman–Crippen MR) is 95.1 cm³/mol. The number of hydrogen-bond acceptors (Lipinski definition) is 2. The average molecular weight is 308 g/mol. The molecule has 23 heavy (non-hydrogen) atoms. The number of methoxy groups -OCH3 is 1. The van der Waals surface area contributed by atoms with Crippen molar-refractivity contribution in [2.24, 2.45) is 0 Å². The van der Waals surface area contributed by atoms with Gasteiger partial charge in [-0.25, -0.2) is 0 Å². The maximum atomic E-state index is 6.22. The summed E-state index contributed by atoms with van der Waals surface area (Å²) in [4.78, 5) is 0. The zero-order chi connectivity index (χ0) is 16.1. The number of allylic oxidation sites excluding steroid dienone is 1. The van der Waals surface area contributed by atoms with E-state index in [0.717, 1.165) is 29.9 Å². The summed E-state index contributed by atoms with van der Waals surface area (Å²) >= 11 is 0. The van der Waals surface area contributed by atoms with E-state index >= 15 is 0 Å². The second kappa shape index (κ2) is 7.36. The van der Waals surface area contributed by atoms with Gasteiger partial charge in [-0.2, -0.15) is 0 Å². The van der Waals surface area contributed by atoms with Crippen molar-refractivity contribution >= 4 is 5.57 Å². The van der Waals surface area contributed by atoms with E-state index in [4.69, 9.17) is 9.47 Å². The lowest BCUT2D eigenvalue weighted by atomic mass is 9.97. The molecule has 2 aromatic carbocycles. The van der Waals surface area contributed by atoms with Crippen LogP contribution >= 0.6 is 0 Å². The molecule has 1 aliphatic carbocycles. The van der Waals surface area contributed by atoms with Gasteiger partial charge in [0.15, 0.2) is 11.5 Å². The van der Waals surface area contributed by atoms with Gasteiger partial charge in [0.25, 0.3) is 0 Å². The van der Waals surface area contributed by atoms with E-state index in [0.29, 0.717) is 6.10 Å². The molecule has 1 aliphatic rings. The highest BCUT2D eigenvalue weighted by atomic mass is 16.5. The number of benzene rings is 2.